The van der Waals surface area contributed by atoms with Crippen molar-refractivity contribution in [3.63, 3.8) is 0 Å². The summed E-state index contributed by atoms with van der Waals surface area (Å²) in [5.41, 5.74) is 5.55. The molecule has 0 amide bonds. The van der Waals surface area contributed by atoms with Crippen molar-refractivity contribution in [1.82, 2.24) is 15.3 Å². The Morgan fingerprint density at radius 3 is 2.89 bits per heavy atom. The first-order chi connectivity index (χ1) is 16.1. The van der Waals surface area contributed by atoms with Crippen molar-refractivity contribution in [2.45, 2.75) is 38.7 Å². The molecule has 0 radical (unpaired) electrons. The van der Waals surface area contributed by atoms with Crippen molar-refractivity contribution in [1.29, 1.82) is 0 Å². The van der Waals surface area contributed by atoms with Crippen molar-refractivity contribution in [3.05, 3.63) is 65.2 Å². The van der Waals surface area contributed by atoms with E-state index in [1.165, 1.54) is 23.7 Å². The van der Waals surface area contributed by atoms with Gasteiger partial charge in [-0.3, -0.25) is 4.98 Å². The van der Waals surface area contributed by atoms with Crippen LogP contribution in [-0.2, 0) is 12.8 Å². The molecule has 3 heterocycles. The van der Waals surface area contributed by atoms with Crippen LogP contribution in [-0.4, -0.2) is 35.8 Å². The Morgan fingerprint density at radius 2 is 2.00 bits per heavy atom. The van der Waals surface area contributed by atoms with E-state index in [4.69, 9.17) is 9.47 Å². The molecule has 2 aliphatic rings. The van der Waals surface area contributed by atoms with Crippen LogP contribution >= 0.6 is 24.8 Å². The third-order valence-electron chi connectivity index (χ3n) is 6.99. The van der Waals surface area contributed by atoms with E-state index in [0.717, 1.165) is 71.4 Å². The highest BCUT2D eigenvalue weighted by Crippen LogP contribution is 2.38. The van der Waals surface area contributed by atoms with Gasteiger partial charge in [0.25, 0.3) is 0 Å². The summed E-state index contributed by atoms with van der Waals surface area (Å²) < 4.78 is 26.0. The second kappa shape index (κ2) is 10.6. The number of aryl methyl sites for hydroxylation is 2. The van der Waals surface area contributed by atoms with Crippen LogP contribution in [0.1, 0.15) is 29.8 Å². The fraction of sp³-hybridized carbons (Fsp3) is 0.370. The maximum absolute atomic E-state index is 13.8. The van der Waals surface area contributed by atoms with Gasteiger partial charge in [0.15, 0.2) is 11.5 Å². The lowest BCUT2D eigenvalue weighted by molar-refractivity contribution is 0.0922. The molecule has 0 fully saturated rings. The average Bonchev–Trinajstić information content (AvgIpc) is 3.18. The third kappa shape index (κ3) is 5.06. The van der Waals surface area contributed by atoms with E-state index in [1.807, 2.05) is 31.2 Å². The number of aromatic amines is 1. The Hall–Kier alpha value is -2.54. The van der Waals surface area contributed by atoms with Crippen molar-refractivity contribution < 1.29 is 13.9 Å². The number of hydrogen-bond donors (Lipinski definition) is 2. The highest BCUT2D eigenvalue weighted by molar-refractivity contribution is 5.88. The summed E-state index contributed by atoms with van der Waals surface area (Å²) in [6.45, 7) is 4.20. The maximum atomic E-state index is 13.8. The minimum atomic E-state index is -0.164. The Kier molecular flexibility index (Phi) is 7.74. The second-order valence-corrected chi connectivity index (χ2v) is 9.34. The number of hydrogen-bond acceptors (Lipinski definition) is 4. The SMILES string of the molecule is Cc1ccc2c3c(ccc2n1)OC[C@H](CNCC[C@H]1CCc2[nH]c4ccc(F)cc4c2C1)O3.Cl.Cl. The third-order valence-corrected chi connectivity index (χ3v) is 6.99. The van der Waals surface area contributed by atoms with E-state index < -0.39 is 0 Å². The number of benzene rings is 2. The molecular weight excluding hydrogens is 488 g/mol. The normalized spacial score (nSPS) is 18.6. The van der Waals surface area contributed by atoms with Gasteiger partial charge in [0.2, 0.25) is 0 Å². The topological polar surface area (TPSA) is 59.2 Å². The zero-order chi connectivity index (χ0) is 22.4. The van der Waals surface area contributed by atoms with E-state index >= 15 is 0 Å². The van der Waals surface area contributed by atoms with Crippen LogP contribution in [0.25, 0.3) is 21.8 Å². The van der Waals surface area contributed by atoms with Crippen LogP contribution < -0.4 is 14.8 Å². The lowest BCUT2D eigenvalue weighted by Gasteiger charge is -2.28. The van der Waals surface area contributed by atoms with Crippen molar-refractivity contribution in [3.8, 4) is 11.5 Å². The summed E-state index contributed by atoms with van der Waals surface area (Å²) in [6.07, 6.45) is 4.28. The van der Waals surface area contributed by atoms with Gasteiger partial charge in [-0.15, -0.1) is 24.8 Å². The van der Waals surface area contributed by atoms with Gasteiger partial charge in [-0.25, -0.2) is 4.39 Å². The van der Waals surface area contributed by atoms with Crippen LogP contribution in [0.2, 0.25) is 0 Å². The largest absolute Gasteiger partial charge is 0.486 e. The fourth-order valence-corrected chi connectivity index (χ4v) is 5.26. The molecule has 0 bridgehead atoms. The van der Waals surface area contributed by atoms with Gasteiger partial charge in [-0.2, -0.15) is 0 Å². The predicted octanol–water partition coefficient (Wildman–Crippen LogP) is 5.93. The van der Waals surface area contributed by atoms with Gasteiger partial charge in [-0.1, -0.05) is 0 Å². The van der Waals surface area contributed by atoms with Crippen molar-refractivity contribution in [2.75, 3.05) is 19.7 Å². The van der Waals surface area contributed by atoms with Gasteiger partial charge >= 0.3 is 0 Å². The molecule has 0 saturated carbocycles. The van der Waals surface area contributed by atoms with Crippen LogP contribution in [0.5, 0.6) is 11.5 Å². The molecule has 0 spiro atoms. The van der Waals surface area contributed by atoms with E-state index in [1.54, 1.807) is 6.07 Å². The molecule has 2 aromatic heterocycles. The number of fused-ring (bicyclic) bond motifs is 6. The molecule has 1 aliphatic heterocycles. The van der Waals surface area contributed by atoms with Gasteiger partial charge in [0.1, 0.15) is 18.5 Å². The predicted molar refractivity (Wildman–Crippen MR) is 142 cm³/mol. The van der Waals surface area contributed by atoms with E-state index in [9.17, 15) is 4.39 Å². The monoisotopic (exact) mass is 517 g/mol. The van der Waals surface area contributed by atoms with Gasteiger partial charge in [0, 0.05) is 34.2 Å². The number of aromatic nitrogens is 2. The molecule has 5 nitrogen and oxygen atoms in total. The Balaban J connectivity index is 0.00000144. The van der Waals surface area contributed by atoms with E-state index in [0.29, 0.717) is 12.5 Å². The summed E-state index contributed by atoms with van der Waals surface area (Å²) in [7, 11) is 0. The quantitative estimate of drug-likeness (QED) is 0.322. The molecule has 2 atom stereocenters. The van der Waals surface area contributed by atoms with Crippen LogP contribution in [0.15, 0.2) is 42.5 Å². The number of ether oxygens (including phenoxy) is 2. The lowest BCUT2D eigenvalue weighted by Crippen LogP contribution is -2.39. The summed E-state index contributed by atoms with van der Waals surface area (Å²) >= 11 is 0. The van der Waals surface area contributed by atoms with E-state index in [-0.39, 0.29) is 36.7 Å². The molecule has 8 heteroatoms. The fourth-order valence-electron chi connectivity index (χ4n) is 5.26. The highest BCUT2D eigenvalue weighted by Gasteiger charge is 2.25. The summed E-state index contributed by atoms with van der Waals surface area (Å²) in [5.74, 6) is 2.03. The average molecular weight is 518 g/mol. The highest BCUT2D eigenvalue weighted by atomic mass is 35.5. The number of nitrogens with zero attached hydrogens (tertiary/aromatic N) is 1. The van der Waals surface area contributed by atoms with Crippen LogP contribution in [0.4, 0.5) is 4.39 Å². The molecule has 0 unspecified atom stereocenters. The van der Waals surface area contributed by atoms with Crippen molar-refractivity contribution >= 4 is 46.6 Å². The van der Waals surface area contributed by atoms with E-state index in [2.05, 4.69) is 21.4 Å². The Morgan fingerprint density at radius 1 is 1.11 bits per heavy atom. The molecule has 2 aromatic carbocycles. The molecule has 6 rings (SSSR count). The van der Waals surface area contributed by atoms with Crippen LogP contribution in [0.3, 0.4) is 0 Å². The number of nitrogens with one attached hydrogen (secondary N) is 2. The Bertz CT molecular complexity index is 1340. The smallest absolute Gasteiger partial charge is 0.171 e. The summed E-state index contributed by atoms with van der Waals surface area (Å²) in [4.78, 5) is 8.08. The zero-order valence-corrected chi connectivity index (χ0v) is 21.2. The first kappa shape index (κ1) is 25.5. The summed E-state index contributed by atoms with van der Waals surface area (Å²) in [5, 5.41) is 5.61. The summed E-state index contributed by atoms with van der Waals surface area (Å²) in [6, 6.07) is 13.0. The molecule has 186 valence electrons. The minimum Gasteiger partial charge on any atom is -0.486 e. The molecule has 1 aliphatic carbocycles. The van der Waals surface area contributed by atoms with Crippen LogP contribution in [0, 0.1) is 18.7 Å². The number of pyridine rings is 1. The molecule has 4 aromatic rings. The van der Waals surface area contributed by atoms with Gasteiger partial charge < -0.3 is 19.8 Å². The minimum absolute atomic E-state index is 0. The standard InChI is InChI=1S/C27H28FN3O2.2ClH/c1-16-2-5-20-23(30-16)8-9-26-27(20)33-19(15-32-26)14-29-11-10-17-3-6-24-21(12-17)22-13-18(28)4-7-25(22)31-24;;/h2,4-5,7-9,13,17,19,29,31H,3,6,10-12,14-15H2,1H3;2*1H/t17-,19+;;/m1../s1. The molecule has 35 heavy (non-hydrogen) atoms. The van der Waals surface area contributed by atoms with Crippen molar-refractivity contribution in [2.24, 2.45) is 5.92 Å². The second-order valence-electron chi connectivity index (χ2n) is 9.34. The number of halogens is 3. The first-order valence-electron chi connectivity index (χ1n) is 11.8. The molecule has 0 saturated heterocycles. The Labute approximate surface area is 216 Å². The maximum Gasteiger partial charge on any atom is 0.171 e. The number of rotatable bonds is 5. The number of H-pyrrole nitrogens is 1. The molecule has 2 N–H and O–H groups in total. The lowest BCUT2D eigenvalue weighted by atomic mass is 9.84. The first-order valence-corrected chi connectivity index (χ1v) is 11.8. The van der Waals surface area contributed by atoms with Gasteiger partial charge in [-0.05, 0) is 93.1 Å². The van der Waals surface area contributed by atoms with Gasteiger partial charge in [0.05, 0.1) is 5.52 Å². The zero-order valence-electron chi connectivity index (χ0n) is 19.6. The molecular formula is C27H30Cl2FN3O2.